The van der Waals surface area contributed by atoms with Crippen molar-refractivity contribution in [3.05, 3.63) is 0 Å². The quantitative estimate of drug-likeness (QED) is 0.767. The van der Waals surface area contributed by atoms with E-state index in [1.54, 1.807) is 20.8 Å². The van der Waals surface area contributed by atoms with E-state index in [1.807, 2.05) is 0 Å². The molecular formula is C11H20N2O4. The average molecular weight is 244 g/mol. The molecule has 0 aromatic rings. The van der Waals surface area contributed by atoms with Crippen LogP contribution >= 0.6 is 0 Å². The summed E-state index contributed by atoms with van der Waals surface area (Å²) in [4.78, 5) is 22.5. The number of carbonyl (C=O) groups is 2. The lowest BCUT2D eigenvalue weighted by Gasteiger charge is -2.33. The van der Waals surface area contributed by atoms with Gasteiger partial charge in [-0.2, -0.15) is 0 Å². The number of aliphatic carboxylic acids is 1. The molecule has 6 nitrogen and oxygen atoms in total. The maximum Gasteiger partial charge on any atom is 0.422 e. The Morgan fingerprint density at radius 1 is 1.35 bits per heavy atom. The molecule has 0 aliphatic carbocycles. The maximum absolute atomic E-state index is 11.5. The largest absolute Gasteiger partial charge is 0.480 e. The van der Waals surface area contributed by atoms with Crippen LogP contribution in [0.15, 0.2) is 0 Å². The van der Waals surface area contributed by atoms with E-state index in [1.165, 1.54) is 5.01 Å². The van der Waals surface area contributed by atoms with Crippen molar-refractivity contribution in [2.75, 3.05) is 6.54 Å². The topological polar surface area (TPSA) is 78.9 Å². The molecule has 0 bridgehead atoms. The number of amides is 1. The second-order valence-corrected chi connectivity index (χ2v) is 5.16. The molecular weight excluding hydrogens is 224 g/mol. The summed E-state index contributed by atoms with van der Waals surface area (Å²) in [6.07, 6.45) is 1.68. The smallest absolute Gasteiger partial charge is 0.422 e. The van der Waals surface area contributed by atoms with Crippen LogP contribution in [0.1, 0.15) is 40.0 Å². The minimum absolute atomic E-state index is 0.538. The van der Waals surface area contributed by atoms with Crippen LogP contribution in [0, 0.1) is 0 Å². The Bertz CT molecular complexity index is 298. The van der Waals surface area contributed by atoms with E-state index in [4.69, 9.17) is 9.84 Å². The van der Waals surface area contributed by atoms with Gasteiger partial charge in [0.25, 0.3) is 0 Å². The van der Waals surface area contributed by atoms with E-state index in [2.05, 4.69) is 5.43 Å². The van der Waals surface area contributed by atoms with Gasteiger partial charge in [0.1, 0.15) is 11.6 Å². The van der Waals surface area contributed by atoms with Gasteiger partial charge < -0.3 is 9.84 Å². The first kappa shape index (κ1) is 13.8. The molecule has 1 saturated heterocycles. The van der Waals surface area contributed by atoms with Crippen molar-refractivity contribution in [3.8, 4) is 0 Å². The summed E-state index contributed by atoms with van der Waals surface area (Å²) in [5.41, 5.74) is 1.91. The zero-order valence-corrected chi connectivity index (χ0v) is 10.5. The number of hydrogen-bond donors (Lipinski definition) is 2. The van der Waals surface area contributed by atoms with Crippen molar-refractivity contribution in [2.45, 2.75) is 51.7 Å². The van der Waals surface area contributed by atoms with Gasteiger partial charge in [-0.15, -0.1) is 0 Å². The van der Waals surface area contributed by atoms with Gasteiger partial charge in [0.15, 0.2) is 0 Å². The van der Waals surface area contributed by atoms with Crippen molar-refractivity contribution in [2.24, 2.45) is 0 Å². The number of nitrogens with one attached hydrogen (secondary N) is 1. The normalized spacial score (nSPS) is 21.9. The number of ether oxygens (including phenoxy) is 1. The van der Waals surface area contributed by atoms with E-state index in [9.17, 15) is 9.59 Å². The van der Waals surface area contributed by atoms with Gasteiger partial charge in [-0.25, -0.2) is 9.80 Å². The Balaban J connectivity index is 2.53. The van der Waals surface area contributed by atoms with Gasteiger partial charge in [-0.1, -0.05) is 0 Å². The predicted octanol–water partition coefficient (Wildman–Crippen LogP) is 1.37. The molecule has 6 heteroatoms. The number of piperidine rings is 1. The van der Waals surface area contributed by atoms with Crippen LogP contribution in [-0.2, 0) is 9.53 Å². The number of carbonyl (C=O) groups excluding carboxylic acids is 1. The lowest BCUT2D eigenvalue weighted by molar-refractivity contribution is -0.146. The van der Waals surface area contributed by atoms with Crippen molar-refractivity contribution >= 4 is 12.1 Å². The lowest BCUT2D eigenvalue weighted by atomic mass is 10.0. The molecule has 1 amide bonds. The fraction of sp³-hybridized carbons (Fsp3) is 0.818. The van der Waals surface area contributed by atoms with Crippen molar-refractivity contribution in [3.63, 3.8) is 0 Å². The zero-order valence-electron chi connectivity index (χ0n) is 10.5. The van der Waals surface area contributed by atoms with Crippen LogP contribution in [0.3, 0.4) is 0 Å². The third-order valence-electron chi connectivity index (χ3n) is 2.42. The summed E-state index contributed by atoms with van der Waals surface area (Å²) in [6, 6.07) is -0.656. The zero-order chi connectivity index (χ0) is 13.1. The third kappa shape index (κ3) is 4.60. The van der Waals surface area contributed by atoms with Gasteiger partial charge in [0.2, 0.25) is 0 Å². The Morgan fingerprint density at radius 3 is 2.53 bits per heavy atom. The molecule has 0 saturated carbocycles. The highest BCUT2D eigenvalue weighted by molar-refractivity contribution is 5.74. The molecule has 1 atom stereocenters. The first-order valence-corrected chi connectivity index (χ1v) is 5.79. The molecule has 0 radical (unpaired) electrons. The Labute approximate surface area is 101 Å². The molecule has 1 heterocycles. The Kier molecular flexibility index (Phi) is 4.34. The van der Waals surface area contributed by atoms with E-state index in [0.717, 1.165) is 12.8 Å². The number of carboxylic acids is 1. The van der Waals surface area contributed by atoms with Crippen LogP contribution < -0.4 is 5.43 Å². The molecule has 1 aliphatic rings. The highest BCUT2D eigenvalue weighted by Gasteiger charge is 2.30. The minimum atomic E-state index is -0.916. The van der Waals surface area contributed by atoms with Crippen LogP contribution in [0.2, 0.25) is 0 Å². The second kappa shape index (κ2) is 5.35. The van der Waals surface area contributed by atoms with Crippen molar-refractivity contribution in [1.29, 1.82) is 0 Å². The molecule has 0 spiro atoms. The van der Waals surface area contributed by atoms with Crippen LogP contribution in [-0.4, -0.2) is 40.4 Å². The summed E-state index contributed by atoms with van der Waals surface area (Å²) in [5.74, 6) is -0.916. The van der Waals surface area contributed by atoms with Gasteiger partial charge in [-0.3, -0.25) is 10.2 Å². The van der Waals surface area contributed by atoms with E-state index >= 15 is 0 Å². The first-order valence-electron chi connectivity index (χ1n) is 5.79. The standard InChI is InChI=1S/C11H20N2O4/c1-11(2,3)17-10(16)12-13-7-5-4-6-8(13)9(14)15/h8H,4-7H2,1-3H3,(H,12,16)(H,14,15)/t8-/m0/s1. The lowest BCUT2D eigenvalue weighted by Crippen LogP contribution is -2.54. The van der Waals surface area contributed by atoms with Crippen molar-refractivity contribution in [1.82, 2.24) is 10.4 Å². The molecule has 1 rings (SSSR count). The van der Waals surface area contributed by atoms with E-state index < -0.39 is 23.7 Å². The van der Waals surface area contributed by atoms with Crippen LogP contribution in [0.25, 0.3) is 0 Å². The Hall–Kier alpha value is -1.30. The predicted molar refractivity (Wildman–Crippen MR) is 61.4 cm³/mol. The Morgan fingerprint density at radius 2 is 2.00 bits per heavy atom. The summed E-state index contributed by atoms with van der Waals surface area (Å²) >= 11 is 0. The molecule has 17 heavy (non-hydrogen) atoms. The highest BCUT2D eigenvalue weighted by Crippen LogP contribution is 2.15. The number of carboxylic acid groups (broad SMARTS) is 1. The summed E-state index contributed by atoms with van der Waals surface area (Å²) in [5, 5.41) is 10.5. The molecule has 98 valence electrons. The molecule has 0 aromatic carbocycles. The first-order chi connectivity index (χ1) is 7.79. The molecule has 1 aliphatic heterocycles. The summed E-state index contributed by atoms with van der Waals surface area (Å²) < 4.78 is 5.08. The average Bonchev–Trinajstić information content (AvgIpc) is 2.14. The molecule has 0 aromatic heterocycles. The minimum Gasteiger partial charge on any atom is -0.480 e. The van der Waals surface area contributed by atoms with Crippen LogP contribution in [0.5, 0.6) is 0 Å². The number of nitrogens with zero attached hydrogens (tertiary/aromatic N) is 1. The third-order valence-corrected chi connectivity index (χ3v) is 2.42. The number of hydrazine groups is 1. The highest BCUT2D eigenvalue weighted by atomic mass is 16.6. The number of rotatable bonds is 2. The van der Waals surface area contributed by atoms with Crippen molar-refractivity contribution < 1.29 is 19.4 Å². The fourth-order valence-electron chi connectivity index (χ4n) is 1.74. The number of hydrogen-bond acceptors (Lipinski definition) is 4. The second-order valence-electron chi connectivity index (χ2n) is 5.16. The monoisotopic (exact) mass is 244 g/mol. The molecule has 0 unspecified atom stereocenters. The van der Waals surface area contributed by atoms with Gasteiger partial charge in [0.05, 0.1) is 0 Å². The van der Waals surface area contributed by atoms with Gasteiger partial charge in [-0.05, 0) is 40.0 Å². The molecule has 2 N–H and O–H groups in total. The maximum atomic E-state index is 11.5. The molecule has 1 fully saturated rings. The van der Waals surface area contributed by atoms with Gasteiger partial charge in [0, 0.05) is 6.54 Å². The van der Waals surface area contributed by atoms with E-state index in [-0.39, 0.29) is 0 Å². The van der Waals surface area contributed by atoms with Crippen LogP contribution in [0.4, 0.5) is 4.79 Å². The summed E-state index contributed by atoms with van der Waals surface area (Å²) in [7, 11) is 0. The SMILES string of the molecule is CC(C)(C)OC(=O)NN1CCCC[C@H]1C(=O)O. The fourth-order valence-corrected chi connectivity index (χ4v) is 1.74. The van der Waals surface area contributed by atoms with Gasteiger partial charge >= 0.3 is 12.1 Å². The van der Waals surface area contributed by atoms with E-state index in [0.29, 0.717) is 13.0 Å². The summed E-state index contributed by atoms with van der Waals surface area (Å²) in [6.45, 7) is 5.82.